The average molecular weight is 391 g/mol. The zero-order chi connectivity index (χ0) is 19.6. The number of hydrogen-bond donors (Lipinski definition) is 1. The Bertz CT molecular complexity index is 850. The fourth-order valence-corrected chi connectivity index (χ4v) is 4.70. The summed E-state index contributed by atoms with van der Waals surface area (Å²) in [5.74, 6) is 1.68. The van der Waals surface area contributed by atoms with Crippen LogP contribution in [0.1, 0.15) is 48.7 Å². The van der Waals surface area contributed by atoms with Gasteiger partial charge in [0.05, 0.1) is 21.3 Å². The van der Waals surface area contributed by atoms with Gasteiger partial charge < -0.3 is 18.9 Å². The van der Waals surface area contributed by atoms with Gasteiger partial charge in [0.2, 0.25) is 0 Å². The number of hydrogen-bond acceptors (Lipinski definition) is 3. The molecule has 1 aliphatic rings. The quantitative estimate of drug-likeness (QED) is 0.735. The molecule has 1 heterocycles. The Morgan fingerprint density at radius 3 is 2.44 bits per heavy atom. The first-order chi connectivity index (χ1) is 13.0. The molecule has 27 heavy (non-hydrogen) atoms. The number of aromatic nitrogens is 2. The monoisotopic (exact) mass is 390 g/mol. The van der Waals surface area contributed by atoms with Crippen LogP contribution in [0.15, 0.2) is 18.2 Å². The molecule has 0 amide bonds. The minimum atomic E-state index is 0.583. The molecule has 0 bridgehead atoms. The normalized spacial score (nSPS) is 15.9. The van der Waals surface area contributed by atoms with E-state index in [4.69, 9.17) is 21.7 Å². The molecule has 2 aromatic rings. The van der Waals surface area contributed by atoms with Crippen molar-refractivity contribution in [3.63, 3.8) is 0 Å². The van der Waals surface area contributed by atoms with Crippen LogP contribution < -0.4 is 14.4 Å². The molecule has 148 valence electrons. The van der Waals surface area contributed by atoms with E-state index >= 15 is 0 Å². The maximum atomic E-state index is 5.87. The molecule has 0 aliphatic heterocycles. The number of quaternary nitrogens is 1. The van der Waals surface area contributed by atoms with Gasteiger partial charge in [0.1, 0.15) is 18.0 Å². The van der Waals surface area contributed by atoms with Crippen LogP contribution in [0.4, 0.5) is 0 Å². The van der Waals surface area contributed by atoms with Gasteiger partial charge in [-0.2, -0.15) is 0 Å². The highest BCUT2D eigenvalue weighted by Gasteiger charge is 2.23. The van der Waals surface area contributed by atoms with E-state index in [0.717, 1.165) is 29.5 Å². The Morgan fingerprint density at radius 1 is 1.11 bits per heavy atom. The smallest absolute Gasteiger partial charge is 0.184 e. The molecule has 1 unspecified atom stereocenters. The Morgan fingerprint density at radius 2 is 1.81 bits per heavy atom. The van der Waals surface area contributed by atoms with Gasteiger partial charge in [-0.1, -0.05) is 12.8 Å². The Kier molecular flexibility index (Phi) is 6.27. The first kappa shape index (κ1) is 20.0. The highest BCUT2D eigenvalue weighted by Crippen LogP contribution is 2.32. The zero-order valence-corrected chi connectivity index (χ0v) is 18.0. The fraction of sp³-hybridized carbons (Fsp3) is 0.571. The number of nitrogens with zero attached hydrogens (tertiary/aromatic N) is 2. The summed E-state index contributed by atoms with van der Waals surface area (Å²) in [7, 11) is 5.58. The van der Waals surface area contributed by atoms with Crippen molar-refractivity contribution in [3.8, 4) is 11.5 Å². The van der Waals surface area contributed by atoms with Gasteiger partial charge in [-0.05, 0) is 51.0 Å². The van der Waals surface area contributed by atoms with E-state index in [-0.39, 0.29) is 0 Å². The molecule has 1 saturated carbocycles. The van der Waals surface area contributed by atoms with E-state index in [1.165, 1.54) is 47.5 Å². The van der Waals surface area contributed by atoms with Crippen molar-refractivity contribution in [1.29, 1.82) is 0 Å². The van der Waals surface area contributed by atoms with Gasteiger partial charge in [-0.3, -0.25) is 4.57 Å². The third kappa shape index (κ3) is 4.06. The molecule has 6 heteroatoms. The summed E-state index contributed by atoms with van der Waals surface area (Å²) < 4.78 is 16.5. The lowest BCUT2D eigenvalue weighted by molar-refractivity contribution is -0.917. The first-order valence-corrected chi connectivity index (χ1v) is 10.2. The van der Waals surface area contributed by atoms with Crippen LogP contribution in [0.2, 0.25) is 0 Å². The minimum Gasteiger partial charge on any atom is -0.497 e. The second-order valence-corrected chi connectivity index (χ2v) is 8.02. The molecule has 1 atom stereocenters. The zero-order valence-electron chi connectivity index (χ0n) is 17.2. The van der Waals surface area contributed by atoms with E-state index in [1.54, 1.807) is 14.2 Å². The summed E-state index contributed by atoms with van der Waals surface area (Å²) in [6.45, 7) is 6.11. The van der Waals surface area contributed by atoms with Crippen LogP contribution >= 0.6 is 12.2 Å². The predicted octanol–water partition coefficient (Wildman–Crippen LogP) is 3.44. The van der Waals surface area contributed by atoms with Gasteiger partial charge in [-0.25, -0.2) is 0 Å². The molecule has 1 aliphatic carbocycles. The van der Waals surface area contributed by atoms with E-state index in [1.807, 2.05) is 12.1 Å². The Balaban J connectivity index is 1.80. The van der Waals surface area contributed by atoms with Crippen molar-refractivity contribution in [2.75, 3.05) is 21.3 Å². The summed E-state index contributed by atoms with van der Waals surface area (Å²) >= 11 is 5.87. The third-order valence-corrected chi connectivity index (χ3v) is 6.25. The molecule has 1 N–H and O–H groups in total. The van der Waals surface area contributed by atoms with E-state index in [0.29, 0.717) is 6.04 Å². The van der Waals surface area contributed by atoms with Crippen LogP contribution in [0.25, 0.3) is 0 Å². The van der Waals surface area contributed by atoms with Crippen LogP contribution in [0.5, 0.6) is 11.5 Å². The molecule has 1 aromatic heterocycles. The highest BCUT2D eigenvalue weighted by atomic mass is 32.1. The van der Waals surface area contributed by atoms with Crippen LogP contribution in [-0.2, 0) is 13.2 Å². The number of nitrogens with one attached hydrogen (secondary N) is 1. The summed E-state index contributed by atoms with van der Waals surface area (Å²) in [6.07, 6.45) is 5.14. The molecule has 0 saturated heterocycles. The third-order valence-electron chi connectivity index (χ3n) is 5.83. The van der Waals surface area contributed by atoms with Crippen LogP contribution in [0, 0.1) is 18.6 Å². The van der Waals surface area contributed by atoms with E-state index in [2.05, 4.69) is 36.1 Å². The number of benzene rings is 1. The Hall–Kier alpha value is -1.79. The lowest BCUT2D eigenvalue weighted by Gasteiger charge is -2.18. The maximum Gasteiger partial charge on any atom is 0.184 e. The second kappa shape index (κ2) is 8.48. The molecule has 0 spiro atoms. The van der Waals surface area contributed by atoms with Gasteiger partial charge >= 0.3 is 0 Å². The number of rotatable bonds is 7. The van der Waals surface area contributed by atoms with Crippen molar-refractivity contribution >= 4 is 12.2 Å². The largest absolute Gasteiger partial charge is 0.497 e. The molecule has 3 rings (SSSR count). The van der Waals surface area contributed by atoms with E-state index < -0.39 is 0 Å². The SMILES string of the molecule is COc1ccc(C[NH+](C)Cn2c(C)c(C)n(C3CCCC3)c2=S)c(OC)c1. The lowest BCUT2D eigenvalue weighted by Crippen LogP contribution is -3.06. The molecule has 0 radical (unpaired) electrons. The standard InChI is InChI=1S/C21H31N3O2S/c1-15-16(2)24(18-8-6-7-9-18)21(27)23(15)14-22(3)13-17-10-11-19(25-4)12-20(17)26-5/h10-12,18H,6-9,13-14H2,1-5H3/p+1. The maximum absolute atomic E-state index is 5.87. The Labute approximate surface area is 167 Å². The highest BCUT2D eigenvalue weighted by molar-refractivity contribution is 7.71. The van der Waals surface area contributed by atoms with Crippen LogP contribution in [0.3, 0.4) is 0 Å². The van der Waals surface area contributed by atoms with Crippen molar-refractivity contribution in [3.05, 3.63) is 39.9 Å². The fourth-order valence-electron chi connectivity index (χ4n) is 4.21. The van der Waals surface area contributed by atoms with Crippen molar-refractivity contribution in [2.45, 2.75) is 58.8 Å². The van der Waals surface area contributed by atoms with Crippen molar-refractivity contribution in [1.82, 2.24) is 9.13 Å². The lowest BCUT2D eigenvalue weighted by atomic mass is 10.2. The molecule has 1 aromatic carbocycles. The second-order valence-electron chi connectivity index (χ2n) is 7.66. The molecular weight excluding hydrogens is 358 g/mol. The summed E-state index contributed by atoms with van der Waals surface area (Å²) in [6, 6.07) is 6.60. The van der Waals surface area contributed by atoms with Crippen LogP contribution in [-0.4, -0.2) is 30.4 Å². The summed E-state index contributed by atoms with van der Waals surface area (Å²) in [5, 5.41) is 0. The van der Waals surface area contributed by atoms with Gasteiger partial charge in [0.15, 0.2) is 11.4 Å². The van der Waals surface area contributed by atoms with Crippen molar-refractivity contribution < 1.29 is 14.4 Å². The molecule has 1 fully saturated rings. The first-order valence-electron chi connectivity index (χ1n) is 9.76. The average Bonchev–Trinajstić information content (AvgIpc) is 3.25. The number of imidazole rings is 1. The number of methoxy groups -OCH3 is 2. The molecular formula is C21H32N3O2S+. The predicted molar refractivity (Wildman–Crippen MR) is 110 cm³/mol. The summed E-state index contributed by atoms with van der Waals surface area (Å²) in [4.78, 5) is 1.36. The molecule has 5 nitrogen and oxygen atoms in total. The van der Waals surface area contributed by atoms with Crippen molar-refractivity contribution in [2.24, 2.45) is 0 Å². The van der Waals surface area contributed by atoms with Gasteiger partial charge in [0, 0.05) is 29.1 Å². The van der Waals surface area contributed by atoms with Gasteiger partial charge in [0.25, 0.3) is 0 Å². The number of ether oxygens (including phenoxy) is 2. The summed E-state index contributed by atoms with van der Waals surface area (Å²) in [5.41, 5.74) is 3.78. The van der Waals surface area contributed by atoms with E-state index in [9.17, 15) is 0 Å². The topological polar surface area (TPSA) is 32.8 Å². The van der Waals surface area contributed by atoms with Gasteiger partial charge in [-0.15, -0.1) is 0 Å². The minimum absolute atomic E-state index is 0.583.